The third-order valence-corrected chi connectivity index (χ3v) is 5.35. The van der Waals surface area contributed by atoms with Crippen LogP contribution in [0.25, 0.3) is 0 Å². The molecule has 0 saturated carbocycles. The Bertz CT molecular complexity index is 220. The Morgan fingerprint density at radius 3 is 1.20 bits per heavy atom. The van der Waals surface area contributed by atoms with Gasteiger partial charge >= 0.3 is 0 Å². The van der Waals surface area contributed by atoms with E-state index in [2.05, 4.69) is 13.8 Å². The van der Waals surface area contributed by atoms with Crippen molar-refractivity contribution in [2.45, 2.75) is 136 Å². The van der Waals surface area contributed by atoms with Crippen LogP contribution in [0.3, 0.4) is 0 Å². The summed E-state index contributed by atoms with van der Waals surface area (Å²) in [5, 5.41) is 8.98. The molecular weight excluding hydrogens is 306 g/mol. The monoisotopic (exact) mass is 356 g/mol. The Morgan fingerprint density at radius 2 is 0.880 bits per heavy atom. The third-order valence-electron chi connectivity index (χ3n) is 5.35. The van der Waals surface area contributed by atoms with Crippen LogP contribution >= 0.6 is 0 Å². The second-order valence-corrected chi connectivity index (χ2v) is 7.63. The lowest BCUT2D eigenvalue weighted by molar-refractivity contribution is 0.287. The van der Waals surface area contributed by atoms with Gasteiger partial charge in [-0.25, -0.2) is 0 Å². The minimum Gasteiger partial charge on any atom is -0.396 e. The van der Waals surface area contributed by atoms with Crippen LogP contribution in [0.1, 0.15) is 136 Å². The molecule has 0 aromatic rings. The molecule has 0 unspecified atom stereocenters. The van der Waals surface area contributed by atoms with Gasteiger partial charge in [-0.1, -0.05) is 117 Å². The van der Waals surface area contributed by atoms with Crippen LogP contribution in [0.5, 0.6) is 0 Å². The quantitative estimate of drug-likeness (QED) is 0.216. The zero-order valence-corrected chi connectivity index (χ0v) is 17.8. The summed E-state index contributed by atoms with van der Waals surface area (Å²) in [6.45, 7) is 4.85. The molecule has 0 amide bonds. The van der Waals surface area contributed by atoms with Crippen LogP contribution in [-0.2, 0) is 0 Å². The van der Waals surface area contributed by atoms with Gasteiger partial charge in [-0.2, -0.15) is 0 Å². The fourth-order valence-corrected chi connectivity index (χ4v) is 3.56. The summed E-state index contributed by atoms with van der Waals surface area (Å²) in [6, 6.07) is 0. The lowest BCUT2D eigenvalue weighted by Gasteiger charge is -2.11. The fourth-order valence-electron chi connectivity index (χ4n) is 3.56. The summed E-state index contributed by atoms with van der Waals surface area (Å²) in [4.78, 5) is 0. The van der Waals surface area contributed by atoms with Gasteiger partial charge in [0.25, 0.3) is 0 Å². The molecule has 153 valence electrons. The average molecular weight is 357 g/mol. The third kappa shape index (κ3) is 21.9. The lowest BCUT2D eigenvalue weighted by Crippen LogP contribution is -1.99. The normalized spacial score (nSPS) is 11.0. The van der Waals surface area contributed by atoms with Crippen LogP contribution in [0, 0.1) is 5.92 Å². The van der Waals surface area contributed by atoms with Crippen LogP contribution in [0.15, 0.2) is 0 Å². The summed E-state index contributed by atoms with van der Waals surface area (Å²) in [6.07, 6.45) is 26.3. The molecule has 0 aromatic heterocycles. The average Bonchev–Trinajstić information content (AvgIpc) is 2.60. The number of unbranched alkanes of at least 4 members (excludes halogenated alkanes) is 15. The van der Waals surface area contributed by atoms with Crippen molar-refractivity contribution in [1.82, 2.24) is 6.15 Å². The molecule has 25 heavy (non-hydrogen) atoms. The predicted octanol–water partition coefficient (Wildman–Crippen LogP) is 8.17. The first kappa shape index (κ1) is 27.1. The molecule has 0 heterocycles. The molecule has 0 saturated heterocycles. The first-order chi connectivity index (χ1) is 11.8. The molecule has 0 bridgehead atoms. The number of aliphatic hydroxyl groups is 1. The van der Waals surface area contributed by atoms with Crippen LogP contribution < -0.4 is 6.15 Å². The number of hydrogen-bond donors (Lipinski definition) is 2. The van der Waals surface area contributed by atoms with Crippen LogP contribution in [-0.4, -0.2) is 11.7 Å². The van der Waals surface area contributed by atoms with E-state index in [1.54, 1.807) is 5.92 Å². The Hall–Kier alpha value is -0.0800. The SMILES string of the molecule is CCCCCCCCCCCCCCCCCC[C](CC)CCO.N. The zero-order chi connectivity index (χ0) is 17.7. The molecule has 0 rings (SSSR count). The highest BCUT2D eigenvalue weighted by atomic mass is 16.3. The molecule has 1 radical (unpaired) electrons. The van der Waals surface area contributed by atoms with Gasteiger partial charge in [0.15, 0.2) is 0 Å². The van der Waals surface area contributed by atoms with Gasteiger partial charge in [0.1, 0.15) is 0 Å². The highest BCUT2D eigenvalue weighted by Crippen LogP contribution is 2.20. The Morgan fingerprint density at radius 1 is 0.520 bits per heavy atom. The molecule has 0 fully saturated rings. The maximum absolute atomic E-state index is 8.98. The van der Waals surface area contributed by atoms with E-state index >= 15 is 0 Å². The highest BCUT2D eigenvalue weighted by molar-refractivity contribution is 4.87. The first-order valence-electron chi connectivity index (χ1n) is 11.3. The van der Waals surface area contributed by atoms with Gasteiger partial charge in [-0.15, -0.1) is 0 Å². The Balaban J connectivity index is 0. The molecule has 0 atom stereocenters. The summed E-state index contributed by atoms with van der Waals surface area (Å²) >= 11 is 0. The Labute approximate surface area is 160 Å². The van der Waals surface area contributed by atoms with Crippen LogP contribution in [0.4, 0.5) is 0 Å². The second kappa shape index (κ2) is 23.9. The van der Waals surface area contributed by atoms with E-state index in [4.69, 9.17) is 5.11 Å². The smallest absolute Gasteiger partial charge is 0.0436 e. The standard InChI is InChI=1S/C23H47O.H3N/c1-3-5-6-7-8-9-10-11-12-13-14-15-16-17-18-19-20-23(4-2)21-22-24;/h24H,3-22H2,1-2H3;1H3. The van der Waals surface area contributed by atoms with Crippen LogP contribution in [0.2, 0.25) is 0 Å². The maximum atomic E-state index is 8.98. The van der Waals surface area contributed by atoms with Crippen molar-refractivity contribution in [1.29, 1.82) is 0 Å². The van der Waals surface area contributed by atoms with Gasteiger partial charge < -0.3 is 11.3 Å². The van der Waals surface area contributed by atoms with Crippen molar-refractivity contribution in [3.63, 3.8) is 0 Å². The molecule has 0 aliphatic carbocycles. The maximum Gasteiger partial charge on any atom is 0.0436 e. The fraction of sp³-hybridized carbons (Fsp3) is 0.957. The van der Waals surface area contributed by atoms with Crippen molar-refractivity contribution >= 4 is 0 Å². The van der Waals surface area contributed by atoms with E-state index in [-0.39, 0.29) is 6.15 Å². The minimum atomic E-state index is 0. The number of rotatable bonds is 20. The minimum absolute atomic E-state index is 0. The van der Waals surface area contributed by atoms with Gasteiger partial charge in [0, 0.05) is 6.61 Å². The van der Waals surface area contributed by atoms with E-state index in [0.29, 0.717) is 6.61 Å². The van der Waals surface area contributed by atoms with Crippen molar-refractivity contribution in [2.75, 3.05) is 6.61 Å². The molecule has 2 heteroatoms. The second-order valence-electron chi connectivity index (χ2n) is 7.63. The zero-order valence-electron chi connectivity index (χ0n) is 17.8. The van der Waals surface area contributed by atoms with Gasteiger partial charge in [0.05, 0.1) is 0 Å². The molecule has 0 spiro atoms. The van der Waals surface area contributed by atoms with E-state index in [9.17, 15) is 0 Å². The first-order valence-corrected chi connectivity index (χ1v) is 11.3. The summed E-state index contributed by atoms with van der Waals surface area (Å²) in [7, 11) is 0. The van der Waals surface area contributed by atoms with E-state index < -0.39 is 0 Å². The number of hydrogen-bond acceptors (Lipinski definition) is 2. The van der Waals surface area contributed by atoms with Gasteiger partial charge in [-0.05, 0) is 25.2 Å². The lowest BCUT2D eigenvalue weighted by atomic mass is 9.95. The molecular formula is C23H50NO. The van der Waals surface area contributed by atoms with E-state index in [1.165, 1.54) is 109 Å². The van der Waals surface area contributed by atoms with Crippen molar-refractivity contribution in [2.24, 2.45) is 0 Å². The van der Waals surface area contributed by atoms with E-state index in [0.717, 1.165) is 12.8 Å². The molecule has 4 N–H and O–H groups in total. The molecule has 0 aliphatic heterocycles. The molecule has 0 aliphatic rings. The largest absolute Gasteiger partial charge is 0.396 e. The predicted molar refractivity (Wildman–Crippen MR) is 114 cm³/mol. The Kier molecular flexibility index (Phi) is 26.0. The van der Waals surface area contributed by atoms with E-state index in [1.807, 2.05) is 0 Å². The van der Waals surface area contributed by atoms with Crippen molar-refractivity contribution < 1.29 is 5.11 Å². The van der Waals surface area contributed by atoms with Crippen molar-refractivity contribution in [3.8, 4) is 0 Å². The summed E-state index contributed by atoms with van der Waals surface area (Å²) in [5.74, 6) is 1.56. The van der Waals surface area contributed by atoms with Gasteiger partial charge in [0.2, 0.25) is 0 Å². The molecule has 2 nitrogen and oxygen atoms in total. The number of aliphatic hydroxyl groups excluding tert-OH is 1. The highest BCUT2D eigenvalue weighted by Gasteiger charge is 2.05. The topological polar surface area (TPSA) is 55.2 Å². The molecule has 0 aromatic carbocycles. The van der Waals surface area contributed by atoms with Gasteiger partial charge in [-0.3, -0.25) is 0 Å². The summed E-state index contributed by atoms with van der Waals surface area (Å²) in [5.41, 5.74) is 0. The van der Waals surface area contributed by atoms with Crippen molar-refractivity contribution in [3.05, 3.63) is 5.92 Å². The summed E-state index contributed by atoms with van der Waals surface area (Å²) < 4.78 is 0.